The highest BCUT2D eigenvalue weighted by atomic mass is 16.5. The van der Waals surface area contributed by atoms with Crippen molar-refractivity contribution in [3.8, 4) is 39.7 Å². The van der Waals surface area contributed by atoms with Gasteiger partial charge in [0.05, 0.1) is 18.5 Å². The lowest BCUT2D eigenvalue weighted by Crippen LogP contribution is -1.94. The Labute approximate surface area is 196 Å². The van der Waals surface area contributed by atoms with Crippen LogP contribution in [0.5, 0.6) is 5.75 Å². The number of benzene rings is 3. The second-order valence-corrected chi connectivity index (χ2v) is 8.12. The normalized spacial score (nSPS) is 11.5. The standard InChI is InChI=1S/C30H30N2O/c1-6-8-22-10-14-24(15-11-22)28-29(25-16-12-23(9-7-2)13-17-25)32-30(31-28)26-18-19-27(33-5)21(4)20(26)3/h6-19H,1-5H3,(H,31,32)/b8-6+,9-7+. The largest absolute Gasteiger partial charge is 0.496 e. The van der Waals surface area contributed by atoms with E-state index in [0.29, 0.717) is 0 Å². The molecule has 1 aromatic heterocycles. The molecule has 0 fully saturated rings. The van der Waals surface area contributed by atoms with Crippen molar-refractivity contribution in [1.82, 2.24) is 9.97 Å². The zero-order valence-electron chi connectivity index (χ0n) is 19.9. The van der Waals surface area contributed by atoms with Crippen LogP contribution in [0.25, 0.3) is 46.1 Å². The van der Waals surface area contributed by atoms with Crippen molar-refractivity contribution in [3.05, 3.63) is 95.1 Å². The van der Waals surface area contributed by atoms with Crippen molar-refractivity contribution in [3.63, 3.8) is 0 Å². The molecule has 0 spiro atoms. The van der Waals surface area contributed by atoms with Gasteiger partial charge in [-0.25, -0.2) is 4.98 Å². The number of allylic oxidation sites excluding steroid dienone is 2. The average molecular weight is 435 g/mol. The van der Waals surface area contributed by atoms with Crippen LogP contribution in [-0.4, -0.2) is 17.1 Å². The number of imidazole rings is 1. The Morgan fingerprint density at radius 3 is 1.85 bits per heavy atom. The molecule has 33 heavy (non-hydrogen) atoms. The first-order chi connectivity index (χ1) is 16.0. The van der Waals surface area contributed by atoms with Crippen molar-refractivity contribution < 1.29 is 4.74 Å². The third kappa shape index (κ3) is 4.54. The third-order valence-corrected chi connectivity index (χ3v) is 6.02. The van der Waals surface area contributed by atoms with Gasteiger partial charge in [0, 0.05) is 16.7 Å². The molecule has 0 amide bonds. The molecule has 0 saturated heterocycles. The van der Waals surface area contributed by atoms with Crippen LogP contribution in [0.15, 0.2) is 72.8 Å². The summed E-state index contributed by atoms with van der Waals surface area (Å²) in [7, 11) is 1.71. The van der Waals surface area contributed by atoms with Gasteiger partial charge in [0.25, 0.3) is 0 Å². The topological polar surface area (TPSA) is 37.9 Å². The van der Waals surface area contributed by atoms with Crippen molar-refractivity contribution in [1.29, 1.82) is 0 Å². The minimum Gasteiger partial charge on any atom is -0.496 e. The highest BCUT2D eigenvalue weighted by molar-refractivity contribution is 5.82. The fourth-order valence-corrected chi connectivity index (χ4v) is 4.09. The Kier molecular flexibility index (Phi) is 6.60. The van der Waals surface area contributed by atoms with Crippen LogP contribution >= 0.6 is 0 Å². The molecule has 0 aliphatic heterocycles. The highest BCUT2D eigenvalue weighted by Crippen LogP contribution is 2.36. The molecule has 3 aromatic carbocycles. The molecule has 3 heteroatoms. The molecular weight excluding hydrogens is 404 g/mol. The van der Waals surface area contributed by atoms with Gasteiger partial charge in [-0.2, -0.15) is 0 Å². The van der Waals surface area contributed by atoms with Gasteiger partial charge < -0.3 is 9.72 Å². The summed E-state index contributed by atoms with van der Waals surface area (Å²) in [6.45, 7) is 8.27. The fourth-order valence-electron chi connectivity index (χ4n) is 4.09. The summed E-state index contributed by atoms with van der Waals surface area (Å²) >= 11 is 0. The number of H-pyrrole nitrogens is 1. The number of aromatic amines is 1. The number of methoxy groups -OCH3 is 1. The molecule has 0 bridgehead atoms. The molecule has 166 valence electrons. The molecule has 4 aromatic rings. The second kappa shape index (κ2) is 9.74. The summed E-state index contributed by atoms with van der Waals surface area (Å²) in [5, 5.41) is 0. The number of nitrogens with zero attached hydrogens (tertiary/aromatic N) is 1. The van der Waals surface area contributed by atoms with Gasteiger partial charge in [-0.15, -0.1) is 0 Å². The summed E-state index contributed by atoms with van der Waals surface area (Å²) < 4.78 is 5.50. The Balaban J connectivity index is 1.87. The quantitative estimate of drug-likeness (QED) is 0.333. The van der Waals surface area contributed by atoms with Crippen molar-refractivity contribution in [2.24, 2.45) is 0 Å². The lowest BCUT2D eigenvalue weighted by atomic mass is 10.0. The molecule has 1 N–H and O–H groups in total. The van der Waals surface area contributed by atoms with E-state index in [0.717, 1.165) is 50.8 Å². The van der Waals surface area contributed by atoms with E-state index in [1.807, 2.05) is 26.0 Å². The number of hydrogen-bond acceptors (Lipinski definition) is 2. The van der Waals surface area contributed by atoms with Gasteiger partial charge >= 0.3 is 0 Å². The SMILES string of the molecule is C/C=C/c1ccc(-c2nc(-c3ccc(OC)c(C)c3C)[nH]c2-c2ccc(/C=C/C)cc2)cc1. The van der Waals surface area contributed by atoms with Gasteiger partial charge in [0.15, 0.2) is 0 Å². The monoisotopic (exact) mass is 434 g/mol. The number of rotatable bonds is 6. The summed E-state index contributed by atoms with van der Waals surface area (Å²) in [5.41, 5.74) is 9.88. The van der Waals surface area contributed by atoms with Gasteiger partial charge in [-0.05, 0) is 62.1 Å². The van der Waals surface area contributed by atoms with Gasteiger partial charge in [0.2, 0.25) is 0 Å². The van der Waals surface area contributed by atoms with E-state index in [1.54, 1.807) is 7.11 Å². The lowest BCUT2D eigenvalue weighted by Gasteiger charge is -2.11. The molecule has 1 heterocycles. The molecule has 0 saturated carbocycles. The van der Waals surface area contributed by atoms with Crippen LogP contribution in [-0.2, 0) is 0 Å². The Morgan fingerprint density at radius 2 is 1.30 bits per heavy atom. The second-order valence-electron chi connectivity index (χ2n) is 8.12. The predicted molar refractivity (Wildman–Crippen MR) is 140 cm³/mol. The van der Waals surface area contributed by atoms with Crippen molar-refractivity contribution >= 4 is 12.2 Å². The van der Waals surface area contributed by atoms with E-state index < -0.39 is 0 Å². The minimum absolute atomic E-state index is 0.860. The predicted octanol–water partition coefficient (Wildman–Crippen LogP) is 8.10. The number of ether oxygens (including phenoxy) is 1. The first-order valence-corrected chi connectivity index (χ1v) is 11.3. The summed E-state index contributed by atoms with van der Waals surface area (Å²) in [5.74, 6) is 1.75. The van der Waals surface area contributed by atoms with Crippen LogP contribution < -0.4 is 4.74 Å². The number of nitrogens with one attached hydrogen (secondary N) is 1. The van der Waals surface area contributed by atoms with Crippen LogP contribution in [0.1, 0.15) is 36.1 Å². The zero-order chi connectivity index (χ0) is 23.4. The van der Waals surface area contributed by atoms with E-state index in [2.05, 4.69) is 91.7 Å². The van der Waals surface area contributed by atoms with Gasteiger partial charge in [0.1, 0.15) is 11.6 Å². The maximum atomic E-state index is 5.50. The molecule has 0 aliphatic rings. The van der Waals surface area contributed by atoms with E-state index in [9.17, 15) is 0 Å². The first-order valence-electron chi connectivity index (χ1n) is 11.3. The molecular formula is C30H30N2O. The minimum atomic E-state index is 0.860. The molecule has 0 atom stereocenters. The number of aromatic nitrogens is 2. The van der Waals surface area contributed by atoms with E-state index in [-0.39, 0.29) is 0 Å². The molecule has 0 radical (unpaired) electrons. The Morgan fingerprint density at radius 1 is 0.727 bits per heavy atom. The maximum Gasteiger partial charge on any atom is 0.138 e. The number of hydrogen-bond donors (Lipinski definition) is 1. The fraction of sp³-hybridized carbons (Fsp3) is 0.167. The lowest BCUT2D eigenvalue weighted by molar-refractivity contribution is 0.411. The van der Waals surface area contributed by atoms with Crippen molar-refractivity contribution in [2.75, 3.05) is 7.11 Å². The van der Waals surface area contributed by atoms with Gasteiger partial charge in [-0.1, -0.05) is 72.8 Å². The molecule has 4 rings (SSSR count). The Bertz CT molecular complexity index is 1230. The third-order valence-electron chi connectivity index (χ3n) is 6.02. The van der Waals surface area contributed by atoms with E-state index in [1.165, 1.54) is 11.1 Å². The summed E-state index contributed by atoms with van der Waals surface area (Å²) in [6, 6.07) is 21.2. The van der Waals surface area contributed by atoms with Crippen LogP contribution in [0.2, 0.25) is 0 Å². The molecule has 0 aliphatic carbocycles. The molecule has 0 unspecified atom stereocenters. The molecule has 3 nitrogen and oxygen atoms in total. The smallest absolute Gasteiger partial charge is 0.138 e. The van der Waals surface area contributed by atoms with Crippen molar-refractivity contribution in [2.45, 2.75) is 27.7 Å². The first kappa shape index (κ1) is 22.3. The maximum absolute atomic E-state index is 5.50. The van der Waals surface area contributed by atoms with Crippen LogP contribution in [0, 0.1) is 13.8 Å². The van der Waals surface area contributed by atoms with Crippen LogP contribution in [0.3, 0.4) is 0 Å². The van der Waals surface area contributed by atoms with Gasteiger partial charge in [-0.3, -0.25) is 0 Å². The summed E-state index contributed by atoms with van der Waals surface area (Å²) in [4.78, 5) is 8.72. The van der Waals surface area contributed by atoms with E-state index in [4.69, 9.17) is 9.72 Å². The zero-order valence-corrected chi connectivity index (χ0v) is 19.9. The average Bonchev–Trinajstić information content (AvgIpc) is 3.27. The summed E-state index contributed by atoms with van der Waals surface area (Å²) in [6.07, 6.45) is 8.31. The van der Waals surface area contributed by atoms with E-state index >= 15 is 0 Å². The Hall–Kier alpha value is -3.85. The van der Waals surface area contributed by atoms with Crippen LogP contribution in [0.4, 0.5) is 0 Å². The highest BCUT2D eigenvalue weighted by Gasteiger charge is 2.18.